The fourth-order valence-corrected chi connectivity index (χ4v) is 2.03. The van der Waals surface area contributed by atoms with Crippen LogP contribution in [0.5, 0.6) is 0 Å². The Morgan fingerprint density at radius 3 is 2.60 bits per heavy atom. The Hall–Kier alpha value is -1.95. The zero-order valence-electron chi connectivity index (χ0n) is 11.2. The van der Waals surface area contributed by atoms with Crippen LogP contribution >= 0.6 is 15.9 Å². The third kappa shape index (κ3) is 3.33. The first kappa shape index (κ1) is 14.5. The van der Waals surface area contributed by atoms with E-state index in [-0.39, 0.29) is 18.0 Å². The summed E-state index contributed by atoms with van der Waals surface area (Å²) in [5.74, 6) is 0.233. The number of hydrogen-bond donors (Lipinski definition) is 1. The topological polar surface area (TPSA) is 64.0 Å². The molecule has 1 N–H and O–H groups in total. The minimum atomic E-state index is -0.267. The highest BCUT2D eigenvalue weighted by Crippen LogP contribution is 2.09. The van der Waals surface area contributed by atoms with E-state index in [4.69, 9.17) is 0 Å². The van der Waals surface area contributed by atoms with Crippen molar-refractivity contribution in [1.82, 2.24) is 9.55 Å². The second kappa shape index (κ2) is 6.00. The molecule has 1 aromatic carbocycles. The summed E-state index contributed by atoms with van der Waals surface area (Å²) in [5.41, 5.74) is 1.55. The van der Waals surface area contributed by atoms with Gasteiger partial charge in [-0.25, -0.2) is 4.98 Å². The number of halogens is 1. The molecule has 1 aromatic heterocycles. The summed E-state index contributed by atoms with van der Waals surface area (Å²) in [4.78, 5) is 27.9. The predicted molar refractivity (Wildman–Crippen MR) is 80.7 cm³/mol. The molecule has 0 aliphatic heterocycles. The largest absolute Gasteiger partial charge is 0.325 e. The third-order valence-electron chi connectivity index (χ3n) is 2.84. The van der Waals surface area contributed by atoms with Crippen LogP contribution in [0.4, 0.5) is 5.69 Å². The number of anilines is 1. The molecule has 6 heteroatoms. The molecule has 0 atom stereocenters. The lowest BCUT2D eigenvalue weighted by atomic mass is 10.2. The lowest BCUT2D eigenvalue weighted by Gasteiger charge is -2.10. The van der Waals surface area contributed by atoms with Gasteiger partial charge in [0.05, 0.1) is 0 Å². The molecule has 0 spiro atoms. The summed E-state index contributed by atoms with van der Waals surface area (Å²) in [6.07, 6.45) is 1.44. The quantitative estimate of drug-likeness (QED) is 0.935. The molecule has 20 heavy (non-hydrogen) atoms. The molecule has 0 aliphatic rings. The van der Waals surface area contributed by atoms with Crippen LogP contribution in [0.3, 0.4) is 0 Å². The minimum Gasteiger partial charge on any atom is -0.325 e. The van der Waals surface area contributed by atoms with Crippen LogP contribution in [0.15, 0.2) is 39.7 Å². The molecule has 0 saturated carbocycles. The second-order valence-corrected chi connectivity index (χ2v) is 5.31. The Morgan fingerprint density at radius 1 is 1.30 bits per heavy atom. The third-order valence-corrected chi connectivity index (χ3v) is 3.39. The normalized spacial score (nSPS) is 10.3. The number of aromatic nitrogens is 2. The standard InChI is InChI=1S/C14H14BrN3O2/c1-9-3-5-11(6-4-9)17-13(19)8-18-10(2)16-7-12(15)14(18)20/h3-7H,8H2,1-2H3,(H,17,19). The zero-order chi connectivity index (χ0) is 14.7. The number of nitrogens with zero attached hydrogens (tertiary/aromatic N) is 2. The fourth-order valence-electron chi connectivity index (χ4n) is 1.72. The van der Waals surface area contributed by atoms with Gasteiger partial charge in [0.1, 0.15) is 16.8 Å². The number of rotatable bonds is 3. The van der Waals surface area contributed by atoms with Crippen LogP contribution in [0, 0.1) is 13.8 Å². The average molecular weight is 336 g/mol. The van der Waals surface area contributed by atoms with Crippen molar-refractivity contribution in [3.05, 3.63) is 56.7 Å². The van der Waals surface area contributed by atoms with Crippen molar-refractivity contribution in [3.8, 4) is 0 Å². The van der Waals surface area contributed by atoms with Gasteiger partial charge in [-0.05, 0) is 41.9 Å². The van der Waals surface area contributed by atoms with Crippen molar-refractivity contribution in [2.75, 3.05) is 5.32 Å². The average Bonchev–Trinajstić information content (AvgIpc) is 2.42. The maximum Gasteiger partial charge on any atom is 0.268 e. The van der Waals surface area contributed by atoms with Crippen LogP contribution < -0.4 is 10.9 Å². The Bertz CT molecular complexity index is 693. The molecule has 2 aromatic rings. The number of aryl methyl sites for hydroxylation is 2. The van der Waals surface area contributed by atoms with Gasteiger partial charge in [0.15, 0.2) is 0 Å². The van der Waals surface area contributed by atoms with Crippen molar-refractivity contribution >= 4 is 27.5 Å². The van der Waals surface area contributed by atoms with Crippen molar-refractivity contribution in [2.45, 2.75) is 20.4 Å². The van der Waals surface area contributed by atoms with Gasteiger partial charge in [0, 0.05) is 11.9 Å². The Labute approximate surface area is 124 Å². The lowest BCUT2D eigenvalue weighted by molar-refractivity contribution is -0.116. The van der Waals surface area contributed by atoms with E-state index in [0.29, 0.717) is 16.0 Å². The lowest BCUT2D eigenvalue weighted by Crippen LogP contribution is -2.30. The smallest absolute Gasteiger partial charge is 0.268 e. The van der Waals surface area contributed by atoms with Crippen molar-refractivity contribution in [2.24, 2.45) is 0 Å². The van der Waals surface area contributed by atoms with E-state index in [1.54, 1.807) is 6.92 Å². The number of carbonyl (C=O) groups excluding carboxylic acids is 1. The summed E-state index contributed by atoms with van der Waals surface area (Å²) in [6, 6.07) is 7.46. The first-order chi connectivity index (χ1) is 9.47. The zero-order valence-corrected chi connectivity index (χ0v) is 12.8. The molecule has 1 heterocycles. The molecular weight excluding hydrogens is 322 g/mol. The molecule has 0 unspecified atom stereocenters. The van der Waals surface area contributed by atoms with Gasteiger partial charge in [-0.1, -0.05) is 17.7 Å². The van der Waals surface area contributed by atoms with E-state index < -0.39 is 0 Å². The van der Waals surface area contributed by atoms with Crippen LogP contribution in [0.25, 0.3) is 0 Å². The second-order valence-electron chi connectivity index (χ2n) is 4.46. The molecule has 0 fully saturated rings. The van der Waals surface area contributed by atoms with E-state index >= 15 is 0 Å². The Balaban J connectivity index is 2.15. The maximum absolute atomic E-state index is 12.0. The molecule has 1 amide bonds. The summed E-state index contributed by atoms with van der Waals surface area (Å²) in [6.45, 7) is 3.60. The van der Waals surface area contributed by atoms with E-state index in [1.165, 1.54) is 10.8 Å². The molecule has 0 saturated heterocycles. The predicted octanol–water partition coefficient (Wildman–Crippen LogP) is 2.26. The van der Waals surface area contributed by atoms with E-state index in [2.05, 4.69) is 26.2 Å². The van der Waals surface area contributed by atoms with Gasteiger partial charge < -0.3 is 5.32 Å². The van der Waals surface area contributed by atoms with Gasteiger partial charge in [-0.3, -0.25) is 14.2 Å². The van der Waals surface area contributed by atoms with Gasteiger partial charge in [0.2, 0.25) is 5.91 Å². The highest BCUT2D eigenvalue weighted by atomic mass is 79.9. The number of nitrogens with one attached hydrogen (secondary N) is 1. The fraction of sp³-hybridized carbons (Fsp3) is 0.214. The highest BCUT2D eigenvalue weighted by Gasteiger charge is 2.10. The summed E-state index contributed by atoms with van der Waals surface area (Å²) >= 11 is 3.12. The van der Waals surface area contributed by atoms with Crippen LogP contribution in [-0.4, -0.2) is 15.5 Å². The van der Waals surface area contributed by atoms with Crippen molar-refractivity contribution < 1.29 is 4.79 Å². The number of amides is 1. The van der Waals surface area contributed by atoms with Crippen molar-refractivity contribution in [1.29, 1.82) is 0 Å². The van der Waals surface area contributed by atoms with E-state index in [9.17, 15) is 9.59 Å². The highest BCUT2D eigenvalue weighted by molar-refractivity contribution is 9.10. The maximum atomic E-state index is 12.0. The van der Waals surface area contributed by atoms with Crippen molar-refractivity contribution in [3.63, 3.8) is 0 Å². The molecule has 0 bridgehead atoms. The number of carbonyl (C=O) groups is 1. The van der Waals surface area contributed by atoms with Gasteiger partial charge >= 0.3 is 0 Å². The molecule has 0 aliphatic carbocycles. The van der Waals surface area contributed by atoms with Gasteiger partial charge in [0.25, 0.3) is 5.56 Å². The number of benzene rings is 1. The van der Waals surface area contributed by atoms with Gasteiger partial charge in [-0.2, -0.15) is 0 Å². The summed E-state index contributed by atoms with van der Waals surface area (Å²) in [7, 11) is 0. The Morgan fingerprint density at radius 2 is 1.95 bits per heavy atom. The van der Waals surface area contributed by atoms with Crippen LogP contribution in [0.1, 0.15) is 11.4 Å². The van der Waals surface area contributed by atoms with Crippen LogP contribution in [0.2, 0.25) is 0 Å². The first-order valence-corrected chi connectivity index (χ1v) is 6.85. The molecule has 104 valence electrons. The molecule has 0 radical (unpaired) electrons. The summed E-state index contributed by atoms with van der Waals surface area (Å²) < 4.78 is 1.67. The molecule has 2 rings (SSSR count). The Kier molecular flexibility index (Phi) is 4.34. The van der Waals surface area contributed by atoms with E-state index in [0.717, 1.165) is 5.56 Å². The SMILES string of the molecule is Cc1ccc(NC(=O)Cn2c(C)ncc(Br)c2=O)cc1. The monoisotopic (exact) mass is 335 g/mol. The van der Waals surface area contributed by atoms with E-state index in [1.807, 2.05) is 31.2 Å². The minimum absolute atomic E-state index is 0.0645. The number of hydrogen-bond acceptors (Lipinski definition) is 3. The first-order valence-electron chi connectivity index (χ1n) is 6.06. The summed E-state index contributed by atoms with van der Waals surface area (Å²) in [5, 5.41) is 2.75. The van der Waals surface area contributed by atoms with Gasteiger partial charge in [-0.15, -0.1) is 0 Å². The van der Waals surface area contributed by atoms with Crippen LogP contribution in [-0.2, 0) is 11.3 Å². The molecular formula is C14H14BrN3O2. The molecule has 5 nitrogen and oxygen atoms in total.